The lowest BCUT2D eigenvalue weighted by atomic mass is 10.2. The van der Waals surface area contributed by atoms with Crippen molar-refractivity contribution in [2.45, 2.75) is 0 Å². The number of piperazine rings is 1. The molecular formula is C13H16N4O6. The van der Waals surface area contributed by atoms with E-state index >= 15 is 0 Å². The summed E-state index contributed by atoms with van der Waals surface area (Å²) in [6.07, 6.45) is 0. The summed E-state index contributed by atoms with van der Waals surface area (Å²) in [5.74, 6) is -0.436. The van der Waals surface area contributed by atoms with E-state index in [-0.39, 0.29) is 18.3 Å². The van der Waals surface area contributed by atoms with Gasteiger partial charge >= 0.3 is 5.69 Å². The molecule has 1 fully saturated rings. The number of hydrogen-bond acceptors (Lipinski definition) is 7. The van der Waals surface area contributed by atoms with Crippen LogP contribution in [0.2, 0.25) is 0 Å². The largest absolute Gasteiger partial charge is 0.477 e. The zero-order valence-electron chi connectivity index (χ0n) is 12.5. The van der Waals surface area contributed by atoms with Gasteiger partial charge in [-0.25, -0.2) is 0 Å². The van der Waals surface area contributed by atoms with E-state index in [2.05, 4.69) is 4.90 Å². The molecule has 1 heterocycles. The number of ether oxygens (including phenoxy) is 1. The molecular weight excluding hydrogens is 308 g/mol. The maximum absolute atomic E-state index is 12.0. The number of non-ortho nitro benzene ring substituents is 1. The number of rotatable bonds is 5. The summed E-state index contributed by atoms with van der Waals surface area (Å²) in [6.45, 7) is 2.30. The number of nitro groups is 2. The van der Waals surface area contributed by atoms with Crippen LogP contribution >= 0.6 is 0 Å². The number of amides is 1. The Morgan fingerprint density at radius 1 is 1.17 bits per heavy atom. The average Bonchev–Trinajstić information content (AvgIpc) is 2.52. The number of nitrogens with zero attached hydrogens (tertiary/aromatic N) is 4. The summed E-state index contributed by atoms with van der Waals surface area (Å²) in [7, 11) is 1.96. The lowest BCUT2D eigenvalue weighted by Crippen LogP contribution is -2.48. The van der Waals surface area contributed by atoms with Gasteiger partial charge in [-0.3, -0.25) is 25.0 Å². The number of carbonyl (C=O) groups excluding carboxylic acids is 1. The Hall–Kier alpha value is -2.75. The van der Waals surface area contributed by atoms with Crippen molar-refractivity contribution >= 4 is 17.3 Å². The van der Waals surface area contributed by atoms with Gasteiger partial charge in [-0.2, -0.15) is 0 Å². The number of carbonyl (C=O) groups is 1. The van der Waals surface area contributed by atoms with Crippen LogP contribution in [0.1, 0.15) is 0 Å². The molecule has 0 saturated carbocycles. The lowest BCUT2D eigenvalue weighted by Gasteiger charge is -2.32. The summed E-state index contributed by atoms with van der Waals surface area (Å²) in [5, 5.41) is 21.6. The van der Waals surface area contributed by atoms with Crippen molar-refractivity contribution in [1.82, 2.24) is 9.80 Å². The van der Waals surface area contributed by atoms with Crippen LogP contribution < -0.4 is 4.74 Å². The van der Waals surface area contributed by atoms with E-state index in [0.29, 0.717) is 13.1 Å². The minimum atomic E-state index is -0.775. The molecule has 0 radical (unpaired) electrons. The van der Waals surface area contributed by atoms with Crippen molar-refractivity contribution in [2.24, 2.45) is 0 Å². The van der Waals surface area contributed by atoms with E-state index in [1.165, 1.54) is 0 Å². The summed E-state index contributed by atoms with van der Waals surface area (Å²) >= 11 is 0. The molecule has 1 amide bonds. The molecule has 1 aromatic rings. The van der Waals surface area contributed by atoms with E-state index < -0.39 is 21.2 Å². The molecule has 0 unspecified atom stereocenters. The van der Waals surface area contributed by atoms with Gasteiger partial charge in [0.25, 0.3) is 11.6 Å². The fourth-order valence-corrected chi connectivity index (χ4v) is 2.17. The molecule has 124 valence electrons. The van der Waals surface area contributed by atoms with Crippen LogP contribution in [0.4, 0.5) is 11.4 Å². The molecule has 1 aliphatic heterocycles. The highest BCUT2D eigenvalue weighted by molar-refractivity contribution is 5.78. The number of nitro benzene ring substituents is 2. The highest BCUT2D eigenvalue weighted by atomic mass is 16.6. The second kappa shape index (κ2) is 7.01. The van der Waals surface area contributed by atoms with Gasteiger partial charge in [0.2, 0.25) is 0 Å². The molecule has 23 heavy (non-hydrogen) atoms. The van der Waals surface area contributed by atoms with Crippen LogP contribution in [-0.2, 0) is 4.79 Å². The molecule has 0 atom stereocenters. The molecule has 10 heteroatoms. The fraction of sp³-hybridized carbons (Fsp3) is 0.462. The van der Waals surface area contributed by atoms with Crippen LogP contribution in [0.25, 0.3) is 0 Å². The van der Waals surface area contributed by atoms with Crippen LogP contribution in [0, 0.1) is 20.2 Å². The molecule has 0 aliphatic carbocycles. The van der Waals surface area contributed by atoms with Gasteiger partial charge in [-0.05, 0) is 13.1 Å². The summed E-state index contributed by atoms with van der Waals surface area (Å²) in [5.41, 5.74) is -0.945. The Kier molecular flexibility index (Phi) is 5.06. The van der Waals surface area contributed by atoms with Gasteiger partial charge in [0.15, 0.2) is 12.4 Å². The zero-order valence-corrected chi connectivity index (χ0v) is 12.5. The van der Waals surface area contributed by atoms with E-state index in [4.69, 9.17) is 4.74 Å². The SMILES string of the molecule is CN1CCN(C(=O)COc2ccc([N+](=O)[O-])cc2[N+](=O)[O-])CC1. The Bertz CT molecular complexity index is 627. The molecule has 0 aromatic heterocycles. The second-order valence-corrected chi connectivity index (χ2v) is 5.14. The van der Waals surface area contributed by atoms with Crippen molar-refractivity contribution < 1.29 is 19.4 Å². The predicted octanol–water partition coefficient (Wildman–Crippen LogP) is 0.656. The van der Waals surface area contributed by atoms with E-state index in [0.717, 1.165) is 31.3 Å². The van der Waals surface area contributed by atoms with Crippen molar-refractivity contribution in [3.8, 4) is 5.75 Å². The fourth-order valence-electron chi connectivity index (χ4n) is 2.17. The third-order valence-electron chi connectivity index (χ3n) is 3.56. The lowest BCUT2D eigenvalue weighted by molar-refractivity contribution is -0.394. The minimum Gasteiger partial charge on any atom is -0.477 e. The highest BCUT2D eigenvalue weighted by Crippen LogP contribution is 2.30. The monoisotopic (exact) mass is 324 g/mol. The number of likely N-dealkylation sites (N-methyl/N-ethyl adjacent to an activating group) is 1. The zero-order chi connectivity index (χ0) is 17.0. The van der Waals surface area contributed by atoms with Gasteiger partial charge in [0.1, 0.15) is 0 Å². The maximum atomic E-state index is 12.0. The summed E-state index contributed by atoms with van der Waals surface area (Å²) < 4.78 is 5.21. The first kappa shape index (κ1) is 16.6. The Morgan fingerprint density at radius 2 is 1.83 bits per heavy atom. The Balaban J connectivity index is 2.03. The quantitative estimate of drug-likeness (QED) is 0.576. The third kappa shape index (κ3) is 4.13. The molecule has 0 N–H and O–H groups in total. The Morgan fingerprint density at radius 3 is 2.39 bits per heavy atom. The van der Waals surface area contributed by atoms with Crippen LogP contribution in [0.3, 0.4) is 0 Å². The molecule has 0 spiro atoms. The van der Waals surface area contributed by atoms with Gasteiger partial charge in [0.05, 0.1) is 15.9 Å². The molecule has 0 bridgehead atoms. The van der Waals surface area contributed by atoms with Crippen molar-refractivity contribution in [3.63, 3.8) is 0 Å². The molecule has 2 rings (SSSR count). The van der Waals surface area contributed by atoms with Gasteiger partial charge in [-0.15, -0.1) is 0 Å². The van der Waals surface area contributed by atoms with Crippen molar-refractivity contribution in [2.75, 3.05) is 39.8 Å². The van der Waals surface area contributed by atoms with E-state index in [1.54, 1.807) is 4.90 Å². The Labute approximate surface area is 131 Å². The normalized spacial score (nSPS) is 15.3. The average molecular weight is 324 g/mol. The maximum Gasteiger partial charge on any atom is 0.317 e. The first-order valence-corrected chi connectivity index (χ1v) is 6.90. The first-order chi connectivity index (χ1) is 10.9. The predicted molar refractivity (Wildman–Crippen MR) is 79.3 cm³/mol. The third-order valence-corrected chi connectivity index (χ3v) is 3.56. The molecule has 1 aromatic carbocycles. The van der Waals surface area contributed by atoms with Crippen LogP contribution in [0.5, 0.6) is 5.75 Å². The first-order valence-electron chi connectivity index (χ1n) is 6.90. The standard InChI is InChI=1S/C13H16N4O6/c1-14-4-6-15(7-5-14)13(18)9-23-12-3-2-10(16(19)20)8-11(12)17(21)22/h2-3,8H,4-7,9H2,1H3. The summed E-state index contributed by atoms with van der Waals surface area (Å²) in [4.78, 5) is 35.9. The molecule has 10 nitrogen and oxygen atoms in total. The summed E-state index contributed by atoms with van der Waals surface area (Å²) in [6, 6.07) is 3.05. The molecule has 1 saturated heterocycles. The second-order valence-electron chi connectivity index (χ2n) is 5.14. The van der Waals surface area contributed by atoms with E-state index in [1.807, 2.05) is 7.05 Å². The number of benzene rings is 1. The minimum absolute atomic E-state index is 0.164. The smallest absolute Gasteiger partial charge is 0.317 e. The van der Waals surface area contributed by atoms with Gasteiger partial charge in [0, 0.05) is 32.2 Å². The number of hydrogen-bond donors (Lipinski definition) is 0. The van der Waals surface area contributed by atoms with E-state index in [9.17, 15) is 25.0 Å². The molecule has 1 aliphatic rings. The van der Waals surface area contributed by atoms with Gasteiger partial charge in [-0.1, -0.05) is 0 Å². The van der Waals surface area contributed by atoms with Crippen LogP contribution in [-0.4, -0.2) is 65.4 Å². The highest BCUT2D eigenvalue weighted by Gasteiger charge is 2.23. The van der Waals surface area contributed by atoms with Crippen molar-refractivity contribution in [3.05, 3.63) is 38.4 Å². The van der Waals surface area contributed by atoms with Gasteiger partial charge < -0.3 is 14.5 Å². The topological polar surface area (TPSA) is 119 Å². The van der Waals surface area contributed by atoms with Crippen LogP contribution in [0.15, 0.2) is 18.2 Å². The van der Waals surface area contributed by atoms with Crippen molar-refractivity contribution in [1.29, 1.82) is 0 Å².